The second kappa shape index (κ2) is 25.5. The van der Waals surface area contributed by atoms with Crippen LogP contribution in [0, 0.1) is 0 Å². The SMILES string of the molecule is [2H]c1c([2H])c2c(c([2H])c1Cl)N(c1c(-c3cccc(-c4ccccc4)c3)cc(-c3ccccc3)cc1-c1cccc(-c3ccccc3)c1)c1cc(C(C)(C)C)cc3c1B2c1c([2H])c([2H])c(Cl)c([2H])c1N3c1c(-c2cccc(-c3ccccc3)c2)cc(-c2ccccc2)cc1-c1cccc(-c2ccccc2)c1. The lowest BCUT2D eigenvalue weighted by molar-refractivity contribution is 0.590. The summed E-state index contributed by atoms with van der Waals surface area (Å²) in [5.74, 6) is 0. The van der Waals surface area contributed by atoms with E-state index in [1.807, 2.05) is 84.9 Å². The molecule has 0 radical (unpaired) electrons. The lowest BCUT2D eigenvalue weighted by Crippen LogP contribution is -2.61. The average Bonchev–Trinajstić information content (AvgIpc) is 0.675. The van der Waals surface area contributed by atoms with Crippen LogP contribution in [0.4, 0.5) is 34.1 Å². The molecule has 0 N–H and O–H groups in total. The van der Waals surface area contributed by atoms with E-state index < -0.39 is 12.1 Å². The maximum absolute atomic E-state index is 10.8. The molecule has 2 nitrogen and oxygen atoms in total. The number of halogens is 2. The van der Waals surface area contributed by atoms with Crippen molar-refractivity contribution in [1.82, 2.24) is 0 Å². The summed E-state index contributed by atoms with van der Waals surface area (Å²) < 4.78 is 62.8. The molecule has 2 aliphatic heterocycles. The van der Waals surface area contributed by atoms with Crippen LogP contribution in [0.25, 0.3) is 111 Å². The first kappa shape index (κ1) is 54.6. The van der Waals surface area contributed by atoms with Crippen molar-refractivity contribution < 1.29 is 8.22 Å². The largest absolute Gasteiger partial charge is 0.310 e. The van der Waals surface area contributed by atoms with E-state index in [0.29, 0.717) is 28.2 Å². The van der Waals surface area contributed by atoms with Crippen molar-refractivity contribution in [1.29, 1.82) is 0 Å². The van der Waals surface area contributed by atoms with E-state index in [1.165, 1.54) is 0 Å². The highest BCUT2D eigenvalue weighted by Crippen LogP contribution is 2.56. The van der Waals surface area contributed by atoms with Gasteiger partial charge in [0.2, 0.25) is 0 Å². The Morgan fingerprint density at radius 1 is 0.273 bits per heavy atom. The topological polar surface area (TPSA) is 6.48 Å². The molecule has 0 fully saturated rings. The molecule has 15 aromatic rings. The van der Waals surface area contributed by atoms with E-state index in [0.717, 1.165) is 117 Å². The van der Waals surface area contributed by atoms with Gasteiger partial charge in [-0.25, -0.2) is 0 Å². The molecule has 0 aromatic heterocycles. The van der Waals surface area contributed by atoms with Crippen molar-refractivity contribution in [3.8, 4) is 111 Å². The Morgan fingerprint density at radius 3 is 0.798 bits per heavy atom. The maximum Gasteiger partial charge on any atom is 0.252 e. The highest BCUT2D eigenvalue weighted by atomic mass is 35.5. The summed E-state index contributed by atoms with van der Waals surface area (Å²) in [6.45, 7) is 5.41. The van der Waals surface area contributed by atoms with E-state index in [1.54, 1.807) is 0 Å². The van der Waals surface area contributed by atoms with Crippen LogP contribution in [0.15, 0.2) is 352 Å². The standard InChI is InChI=1S/C94H67BCl2N2/c1-94(2,3)78-58-89-91-90(59-78)99(93-83(74-44-24-40-70(52-74)64-30-14-6-15-31-64)56-77(67-36-20-9-21-37-67)57-84(93)75-45-25-41-71(53-75)65-32-16-7-17-33-65)88-61-80(97)47-49-86(88)95(91)85-48-46-79(96)60-87(85)98(89)92-81(72-42-22-38-68(50-72)62-26-10-4-11-27-62)54-76(66-34-18-8-19-35-66)55-82(92)73-43-23-39-69(51-73)63-28-12-5-13-29-63/h4-61H,1-3H3/i46D,47D,48D,49D,60D,61D. The maximum atomic E-state index is 10.8. The van der Waals surface area contributed by atoms with Gasteiger partial charge in [-0.3, -0.25) is 0 Å². The number of fused-ring (bicyclic) bond motifs is 4. The van der Waals surface area contributed by atoms with Crippen molar-refractivity contribution in [2.75, 3.05) is 9.80 Å². The summed E-state index contributed by atoms with van der Waals surface area (Å²) in [4.78, 5) is 4.29. The zero-order valence-corrected chi connectivity index (χ0v) is 56.3. The lowest BCUT2D eigenvalue weighted by Gasteiger charge is -2.46. The Morgan fingerprint density at radius 2 is 0.525 bits per heavy atom. The van der Waals surface area contributed by atoms with Crippen LogP contribution in [0.1, 0.15) is 34.6 Å². The van der Waals surface area contributed by atoms with Crippen LogP contribution in [0.5, 0.6) is 0 Å². The van der Waals surface area contributed by atoms with Crippen LogP contribution in [-0.4, -0.2) is 6.71 Å². The molecular weight excluding hydrogens is 1240 g/mol. The molecule has 0 amide bonds. The summed E-state index contributed by atoms with van der Waals surface area (Å²) in [6.07, 6.45) is 0. The van der Waals surface area contributed by atoms with Gasteiger partial charge in [0.1, 0.15) is 0 Å². The molecule has 0 atom stereocenters. The fraction of sp³-hybridized carbons (Fsp3) is 0.0426. The van der Waals surface area contributed by atoms with E-state index in [-0.39, 0.29) is 68.6 Å². The van der Waals surface area contributed by atoms with E-state index in [2.05, 4.69) is 261 Å². The van der Waals surface area contributed by atoms with Crippen LogP contribution in [-0.2, 0) is 5.41 Å². The smallest absolute Gasteiger partial charge is 0.252 e. The van der Waals surface area contributed by atoms with Crippen molar-refractivity contribution >= 4 is 80.4 Å². The first-order valence-electron chi connectivity index (χ1n) is 36.5. The molecule has 15 aromatic carbocycles. The second-order valence-corrected chi connectivity index (χ2v) is 27.3. The van der Waals surface area contributed by atoms with Crippen molar-refractivity contribution in [3.05, 3.63) is 367 Å². The minimum absolute atomic E-state index is 0.194. The van der Waals surface area contributed by atoms with Gasteiger partial charge in [-0.15, -0.1) is 0 Å². The molecule has 470 valence electrons. The second-order valence-electron chi connectivity index (χ2n) is 26.5. The van der Waals surface area contributed by atoms with Gasteiger partial charge in [0.05, 0.1) is 19.6 Å². The fourth-order valence-electron chi connectivity index (χ4n) is 14.6. The number of anilines is 6. The Balaban J connectivity index is 1.07. The monoisotopic (exact) mass is 1310 g/mol. The molecule has 2 aliphatic rings. The molecule has 0 aliphatic carbocycles. The predicted molar refractivity (Wildman–Crippen MR) is 424 cm³/mol. The molecule has 0 bridgehead atoms. The lowest BCUT2D eigenvalue weighted by atomic mass is 9.33. The first-order valence-corrected chi connectivity index (χ1v) is 34.3. The van der Waals surface area contributed by atoms with Crippen LogP contribution < -0.4 is 26.2 Å². The number of benzene rings is 15. The highest BCUT2D eigenvalue weighted by Gasteiger charge is 2.46. The third kappa shape index (κ3) is 11.4. The molecule has 99 heavy (non-hydrogen) atoms. The summed E-state index contributed by atoms with van der Waals surface area (Å²) in [5, 5.41) is -0.433. The predicted octanol–water partition coefficient (Wildman–Crippen LogP) is 25.0. The van der Waals surface area contributed by atoms with E-state index in [4.69, 9.17) is 23.2 Å². The van der Waals surface area contributed by atoms with Gasteiger partial charge in [-0.2, -0.15) is 0 Å². The molecule has 0 spiro atoms. The van der Waals surface area contributed by atoms with E-state index >= 15 is 0 Å². The Hall–Kier alpha value is -11.5. The summed E-state index contributed by atoms with van der Waals surface area (Å²) in [7, 11) is 0. The molecule has 0 unspecified atom stereocenters. The number of hydrogen-bond acceptors (Lipinski definition) is 2. The fourth-order valence-corrected chi connectivity index (χ4v) is 14.9. The van der Waals surface area contributed by atoms with Gasteiger partial charge in [-0.1, -0.05) is 311 Å². The van der Waals surface area contributed by atoms with Crippen molar-refractivity contribution in [2.24, 2.45) is 0 Å². The quantitative estimate of drug-likeness (QED) is 0.113. The average molecular weight is 1310 g/mol. The third-order valence-corrected chi connectivity index (χ3v) is 19.8. The summed E-state index contributed by atoms with van der Waals surface area (Å²) in [6, 6.07) is 108. The molecule has 17 rings (SSSR count). The molecule has 0 saturated heterocycles. The van der Waals surface area contributed by atoms with Gasteiger partial charge in [0.25, 0.3) is 6.71 Å². The van der Waals surface area contributed by atoms with Gasteiger partial charge >= 0.3 is 0 Å². The minimum atomic E-state index is -1.16. The zero-order valence-electron chi connectivity index (χ0n) is 60.7. The number of hydrogen-bond donors (Lipinski definition) is 0. The minimum Gasteiger partial charge on any atom is -0.310 e. The molecule has 2 heterocycles. The van der Waals surface area contributed by atoms with Gasteiger partial charge in [0, 0.05) is 55.0 Å². The Bertz CT molecular complexity index is 5370. The van der Waals surface area contributed by atoms with Crippen LogP contribution >= 0.6 is 23.2 Å². The van der Waals surface area contributed by atoms with Crippen LogP contribution in [0.2, 0.25) is 10.0 Å². The van der Waals surface area contributed by atoms with Gasteiger partial charge in [-0.05, 0) is 201 Å². The Kier molecular flexibility index (Phi) is 14.1. The van der Waals surface area contributed by atoms with Crippen LogP contribution in [0.3, 0.4) is 0 Å². The van der Waals surface area contributed by atoms with E-state index in [9.17, 15) is 8.22 Å². The van der Waals surface area contributed by atoms with Crippen molar-refractivity contribution in [3.63, 3.8) is 0 Å². The van der Waals surface area contributed by atoms with Gasteiger partial charge < -0.3 is 9.80 Å². The normalized spacial score (nSPS) is 13.1. The van der Waals surface area contributed by atoms with Gasteiger partial charge in [0.15, 0.2) is 0 Å². The third-order valence-electron chi connectivity index (χ3n) is 19.4. The molecule has 0 saturated carbocycles. The molecule has 5 heteroatoms. The molecular formula is C94H67BCl2N2. The summed E-state index contributed by atoms with van der Waals surface area (Å²) in [5.41, 5.74) is 22.9. The summed E-state index contributed by atoms with van der Waals surface area (Å²) >= 11 is 15.0. The highest BCUT2D eigenvalue weighted by molar-refractivity contribution is 7.00. The Labute approximate surface area is 599 Å². The van der Waals surface area contributed by atoms with Crippen molar-refractivity contribution in [2.45, 2.75) is 26.2 Å². The zero-order chi connectivity index (χ0) is 71.9. The number of nitrogens with zero attached hydrogens (tertiary/aromatic N) is 2. The number of rotatable bonds is 12. The first-order chi connectivity index (χ1) is 51.1.